The number of benzene rings is 1. The fourth-order valence-electron chi connectivity index (χ4n) is 8.05. The Morgan fingerprint density at radius 3 is 2.73 bits per heavy atom. The van der Waals surface area contributed by atoms with Gasteiger partial charge >= 0.3 is 13.7 Å². The molecule has 1 aromatic carbocycles. The molecule has 0 radical (unpaired) electrons. The zero-order chi connectivity index (χ0) is 36.3. The van der Waals surface area contributed by atoms with Crippen molar-refractivity contribution in [2.75, 3.05) is 26.9 Å². The molecule has 3 heterocycles. The predicted molar refractivity (Wildman–Crippen MR) is 190 cm³/mol. The lowest BCUT2D eigenvalue weighted by molar-refractivity contribution is -0.141. The van der Waals surface area contributed by atoms with Gasteiger partial charge in [-0.15, -0.1) is 6.58 Å². The first-order valence-electron chi connectivity index (χ1n) is 18.3. The highest BCUT2D eigenvalue weighted by Crippen LogP contribution is 2.70. The molecule has 3 fully saturated rings. The lowest BCUT2D eigenvalue weighted by atomic mass is 9.83. The van der Waals surface area contributed by atoms with Crippen molar-refractivity contribution in [3.05, 3.63) is 42.6 Å². The van der Waals surface area contributed by atoms with Crippen molar-refractivity contribution in [3.63, 3.8) is 0 Å². The van der Waals surface area contributed by atoms with Crippen LogP contribution in [0.25, 0.3) is 10.8 Å². The molecular formula is C37H51N4O9P. The average molecular weight is 727 g/mol. The lowest BCUT2D eigenvalue weighted by Crippen LogP contribution is -2.57. The van der Waals surface area contributed by atoms with Crippen molar-refractivity contribution in [2.24, 2.45) is 17.8 Å². The van der Waals surface area contributed by atoms with Gasteiger partial charge in [-0.1, -0.05) is 32.3 Å². The Morgan fingerprint density at radius 2 is 2.02 bits per heavy atom. The number of alkyl carbamates (subject to hydrolysis) is 1. The minimum absolute atomic E-state index is 0.0194. The van der Waals surface area contributed by atoms with E-state index in [-0.39, 0.29) is 44.4 Å². The summed E-state index contributed by atoms with van der Waals surface area (Å²) in [7, 11) is -2.67. The fourth-order valence-corrected chi connectivity index (χ4v) is 9.83. The molecule has 4 bridgehead atoms. The standard InChI is InChI=1S/C37H51N4O9P/c1-5-27-20-37(27,51(45,46)49-6-2)40-33(42)30-19-28-21-41(30)35(43)32(24-12-8-7-9-13-24)39-36(44)48-22-23(3)11-10-14-26-17-29-25(18-31(26)47-4)15-16-38-34(29)50-28/h5,15-18,23-24,27-28,30,32H,1,6-14,19-22H2,2-4H3,(H,39,44)(H,40,42)(H,45,46)/t23-,27?,28+,30-,32-,37?/m0/s1. The summed E-state index contributed by atoms with van der Waals surface area (Å²) < 4.78 is 36.6. The zero-order valence-corrected chi connectivity index (χ0v) is 30.7. The number of carbonyl (C=O) groups is 3. The van der Waals surface area contributed by atoms with E-state index in [2.05, 4.69) is 22.2 Å². The number of nitrogens with one attached hydrogen (secondary N) is 2. The third-order valence-corrected chi connectivity index (χ3v) is 13.2. The van der Waals surface area contributed by atoms with Gasteiger partial charge in [0, 0.05) is 23.9 Å². The van der Waals surface area contributed by atoms with Gasteiger partial charge in [-0.2, -0.15) is 0 Å². The molecule has 1 saturated heterocycles. The van der Waals surface area contributed by atoms with Gasteiger partial charge in [0.2, 0.25) is 17.7 Å². The highest BCUT2D eigenvalue weighted by Gasteiger charge is 2.67. The first kappa shape index (κ1) is 37.1. The van der Waals surface area contributed by atoms with E-state index in [1.807, 2.05) is 25.1 Å². The van der Waals surface area contributed by atoms with Crippen LogP contribution < -0.4 is 20.1 Å². The molecule has 278 valence electrons. The van der Waals surface area contributed by atoms with Crippen LogP contribution >= 0.6 is 7.60 Å². The number of rotatable bonds is 8. The Hall–Kier alpha value is -3.67. The maximum absolute atomic E-state index is 14.7. The molecule has 13 nitrogen and oxygen atoms in total. The molecule has 2 aliphatic heterocycles. The van der Waals surface area contributed by atoms with Gasteiger partial charge in [0.25, 0.3) is 0 Å². The molecule has 4 aliphatic rings. The second-order valence-corrected chi connectivity index (χ2v) is 16.6. The van der Waals surface area contributed by atoms with Crippen LogP contribution in [0.2, 0.25) is 0 Å². The van der Waals surface area contributed by atoms with Crippen LogP contribution in [0.1, 0.15) is 77.2 Å². The molecule has 3 N–H and O–H groups in total. The Bertz CT molecular complexity index is 1680. The molecule has 14 heteroatoms. The van der Waals surface area contributed by atoms with Gasteiger partial charge in [-0.05, 0) is 86.4 Å². The van der Waals surface area contributed by atoms with Crippen molar-refractivity contribution in [1.82, 2.24) is 20.5 Å². The van der Waals surface area contributed by atoms with Gasteiger partial charge in [-0.3, -0.25) is 14.2 Å². The average Bonchev–Trinajstić information content (AvgIpc) is 3.69. The smallest absolute Gasteiger partial charge is 0.407 e. The first-order valence-corrected chi connectivity index (χ1v) is 19.9. The van der Waals surface area contributed by atoms with Crippen molar-refractivity contribution in [2.45, 2.75) is 102 Å². The van der Waals surface area contributed by atoms with Crippen LogP contribution in [0.4, 0.5) is 4.79 Å². The van der Waals surface area contributed by atoms with E-state index in [9.17, 15) is 23.8 Å². The summed E-state index contributed by atoms with van der Waals surface area (Å²) in [6.07, 6.45) is 8.89. The maximum Gasteiger partial charge on any atom is 0.407 e. The number of cyclic esters (lactones) is 1. The van der Waals surface area contributed by atoms with Crippen LogP contribution in [0.15, 0.2) is 37.1 Å². The van der Waals surface area contributed by atoms with E-state index in [4.69, 9.17) is 18.7 Å². The second kappa shape index (κ2) is 15.5. The normalized spacial score (nSPS) is 30.3. The summed E-state index contributed by atoms with van der Waals surface area (Å²) in [4.78, 5) is 59.2. The number of pyridine rings is 1. The lowest BCUT2D eigenvalue weighted by Gasteiger charge is -2.35. The number of hydrogen-bond donors (Lipinski definition) is 3. The molecule has 3 unspecified atom stereocenters. The van der Waals surface area contributed by atoms with Gasteiger partial charge < -0.3 is 39.2 Å². The minimum atomic E-state index is -4.31. The molecule has 7 atom stereocenters. The summed E-state index contributed by atoms with van der Waals surface area (Å²) in [5.41, 5.74) is 0.986. The minimum Gasteiger partial charge on any atom is -0.496 e. The molecule has 6 rings (SSSR count). The van der Waals surface area contributed by atoms with E-state index in [1.165, 1.54) is 11.0 Å². The predicted octanol–water partition coefficient (Wildman–Crippen LogP) is 5.48. The number of ether oxygens (including phenoxy) is 3. The quantitative estimate of drug-likeness (QED) is 0.234. The van der Waals surface area contributed by atoms with Crippen molar-refractivity contribution in [3.8, 4) is 11.6 Å². The number of hydrogen-bond acceptors (Lipinski definition) is 9. The number of aromatic nitrogens is 1. The highest BCUT2D eigenvalue weighted by molar-refractivity contribution is 7.55. The van der Waals surface area contributed by atoms with Gasteiger partial charge in [0.1, 0.15) is 29.2 Å². The third kappa shape index (κ3) is 7.76. The number of carbonyl (C=O) groups excluding carboxylic acids is 3. The molecule has 3 amide bonds. The molecule has 1 aromatic heterocycles. The monoisotopic (exact) mass is 726 g/mol. The van der Waals surface area contributed by atoms with Crippen LogP contribution in [0.3, 0.4) is 0 Å². The topological polar surface area (TPSA) is 166 Å². The Kier molecular flexibility index (Phi) is 11.3. The summed E-state index contributed by atoms with van der Waals surface area (Å²) in [6.45, 7) is 7.63. The van der Waals surface area contributed by atoms with Gasteiger partial charge in [-0.25, -0.2) is 9.78 Å². The summed E-state index contributed by atoms with van der Waals surface area (Å²) in [6, 6.07) is 3.88. The van der Waals surface area contributed by atoms with Crippen LogP contribution in [0, 0.1) is 17.8 Å². The van der Waals surface area contributed by atoms with Gasteiger partial charge in [0.15, 0.2) is 0 Å². The fraction of sp³-hybridized carbons (Fsp3) is 0.622. The maximum atomic E-state index is 14.7. The van der Waals surface area contributed by atoms with E-state index < -0.39 is 54.9 Å². The Morgan fingerprint density at radius 1 is 1.24 bits per heavy atom. The summed E-state index contributed by atoms with van der Waals surface area (Å²) in [5, 5.41) is 5.82. The van der Waals surface area contributed by atoms with E-state index in [0.717, 1.165) is 73.5 Å². The molecular weight excluding hydrogens is 675 g/mol. The second-order valence-electron chi connectivity index (χ2n) is 14.5. The Labute approximate surface area is 299 Å². The van der Waals surface area contributed by atoms with Crippen molar-refractivity contribution in [1.29, 1.82) is 0 Å². The number of amides is 3. The molecule has 51 heavy (non-hydrogen) atoms. The van der Waals surface area contributed by atoms with Crippen molar-refractivity contribution >= 4 is 36.3 Å². The number of nitrogens with zero attached hydrogens (tertiary/aromatic N) is 2. The number of methoxy groups -OCH3 is 1. The Balaban J connectivity index is 1.38. The van der Waals surface area contributed by atoms with Crippen molar-refractivity contribution < 1.29 is 42.6 Å². The van der Waals surface area contributed by atoms with Gasteiger partial charge in [0.05, 0.1) is 26.9 Å². The number of fused-ring (bicyclic) bond motifs is 3. The zero-order valence-electron chi connectivity index (χ0n) is 29.8. The third-order valence-electron chi connectivity index (χ3n) is 11.0. The first-order chi connectivity index (χ1) is 24.5. The SMILES string of the molecule is C=CC1CC1(NC(=O)[C@@H]1C[C@@H]2CN1C(=O)[C@H](C1CCCCC1)NC(=O)OC[C@@H](C)CCCc1cc3c(nccc3cc1OC)O2)P(=O)(O)OCC. The van der Waals surface area contributed by atoms with E-state index >= 15 is 0 Å². The molecule has 0 spiro atoms. The molecule has 2 aromatic rings. The largest absolute Gasteiger partial charge is 0.496 e. The van der Waals surface area contributed by atoms with E-state index in [1.54, 1.807) is 20.2 Å². The summed E-state index contributed by atoms with van der Waals surface area (Å²) >= 11 is 0. The number of aryl methyl sites for hydroxylation is 1. The van der Waals surface area contributed by atoms with Crippen LogP contribution in [0.5, 0.6) is 11.6 Å². The van der Waals surface area contributed by atoms with Crippen LogP contribution in [-0.2, 0) is 29.8 Å². The molecule has 2 aliphatic carbocycles. The summed E-state index contributed by atoms with van der Waals surface area (Å²) in [5.74, 6) is -0.448. The highest BCUT2D eigenvalue weighted by atomic mass is 31.2. The molecule has 2 saturated carbocycles. The van der Waals surface area contributed by atoms with Crippen LogP contribution in [-0.4, -0.2) is 83.0 Å². The van der Waals surface area contributed by atoms with E-state index in [0.29, 0.717) is 5.88 Å².